The molecule has 29 heavy (non-hydrogen) atoms. The van der Waals surface area contributed by atoms with Gasteiger partial charge in [-0.25, -0.2) is 4.98 Å². The number of carbonyl (C=O) groups excluding carboxylic acids is 1. The van der Waals surface area contributed by atoms with E-state index in [0.29, 0.717) is 35.2 Å². The van der Waals surface area contributed by atoms with E-state index in [0.717, 1.165) is 11.4 Å². The van der Waals surface area contributed by atoms with Gasteiger partial charge in [0, 0.05) is 0 Å². The molecule has 0 bridgehead atoms. The van der Waals surface area contributed by atoms with E-state index in [1.165, 1.54) is 14.2 Å². The summed E-state index contributed by atoms with van der Waals surface area (Å²) in [7, 11) is 3.02. The monoisotopic (exact) mass is 393 g/mol. The van der Waals surface area contributed by atoms with E-state index >= 15 is 0 Å². The highest BCUT2D eigenvalue weighted by atomic mass is 16.5. The predicted molar refractivity (Wildman–Crippen MR) is 113 cm³/mol. The Morgan fingerprint density at radius 1 is 0.931 bits per heavy atom. The number of methoxy groups -OCH3 is 2. The van der Waals surface area contributed by atoms with E-state index in [4.69, 9.17) is 14.2 Å². The molecule has 0 unspecified atom stereocenters. The van der Waals surface area contributed by atoms with Gasteiger partial charge in [-0.3, -0.25) is 4.79 Å². The molecule has 0 atom stereocenters. The van der Waals surface area contributed by atoms with Crippen LogP contribution in [-0.4, -0.2) is 31.7 Å². The van der Waals surface area contributed by atoms with E-state index in [1.807, 2.05) is 31.2 Å². The predicted octanol–water partition coefficient (Wildman–Crippen LogP) is 4.49. The number of rotatable bonds is 8. The molecule has 0 radical (unpaired) electrons. The molecule has 0 aliphatic heterocycles. The van der Waals surface area contributed by atoms with Gasteiger partial charge in [0.25, 0.3) is 5.91 Å². The summed E-state index contributed by atoms with van der Waals surface area (Å²) in [6.45, 7) is 2.51. The van der Waals surface area contributed by atoms with Gasteiger partial charge in [-0.05, 0) is 43.3 Å². The molecule has 0 aliphatic carbocycles. The summed E-state index contributed by atoms with van der Waals surface area (Å²) < 4.78 is 16.2. The highest BCUT2D eigenvalue weighted by molar-refractivity contribution is 6.08. The summed E-state index contributed by atoms with van der Waals surface area (Å²) >= 11 is 0. The highest BCUT2D eigenvalue weighted by Crippen LogP contribution is 2.30. The fraction of sp³-hybridized carbons (Fsp3) is 0.182. The molecule has 1 aromatic heterocycles. The molecule has 150 valence electrons. The molecule has 0 saturated heterocycles. The SMILES string of the molecule is CCOc1ccccc1Nc1ccc(NC(=O)c2c(OC)cccc2OC)cn1. The Morgan fingerprint density at radius 3 is 2.24 bits per heavy atom. The molecular formula is C22H23N3O4. The minimum atomic E-state index is -0.344. The lowest BCUT2D eigenvalue weighted by Crippen LogP contribution is -2.14. The molecule has 0 spiro atoms. The van der Waals surface area contributed by atoms with E-state index in [9.17, 15) is 4.79 Å². The number of nitrogens with zero attached hydrogens (tertiary/aromatic N) is 1. The smallest absolute Gasteiger partial charge is 0.263 e. The van der Waals surface area contributed by atoms with Gasteiger partial charge >= 0.3 is 0 Å². The fourth-order valence-corrected chi connectivity index (χ4v) is 2.80. The van der Waals surface area contributed by atoms with Crippen molar-refractivity contribution in [2.24, 2.45) is 0 Å². The van der Waals surface area contributed by atoms with E-state index in [-0.39, 0.29) is 5.91 Å². The fourth-order valence-electron chi connectivity index (χ4n) is 2.80. The molecular weight excluding hydrogens is 370 g/mol. The van der Waals surface area contributed by atoms with Crippen molar-refractivity contribution < 1.29 is 19.0 Å². The molecule has 2 aromatic carbocycles. The van der Waals surface area contributed by atoms with Gasteiger partial charge < -0.3 is 24.8 Å². The largest absolute Gasteiger partial charge is 0.496 e. The molecule has 1 heterocycles. The Balaban J connectivity index is 1.74. The second-order valence-corrected chi connectivity index (χ2v) is 5.98. The number of carbonyl (C=O) groups is 1. The number of aromatic nitrogens is 1. The number of pyridine rings is 1. The quantitative estimate of drug-likeness (QED) is 0.587. The van der Waals surface area contributed by atoms with Crippen LogP contribution < -0.4 is 24.8 Å². The lowest BCUT2D eigenvalue weighted by atomic mass is 10.1. The van der Waals surface area contributed by atoms with Gasteiger partial charge in [0.1, 0.15) is 28.6 Å². The van der Waals surface area contributed by atoms with Crippen LogP contribution in [0.3, 0.4) is 0 Å². The number of nitrogens with one attached hydrogen (secondary N) is 2. The van der Waals surface area contributed by atoms with Gasteiger partial charge in [-0.2, -0.15) is 0 Å². The van der Waals surface area contributed by atoms with E-state index in [1.54, 1.807) is 36.5 Å². The first kappa shape index (κ1) is 20.0. The third kappa shape index (κ3) is 4.76. The maximum absolute atomic E-state index is 12.7. The van der Waals surface area contributed by atoms with E-state index < -0.39 is 0 Å². The second kappa shape index (κ2) is 9.45. The Labute approximate surface area is 169 Å². The maximum Gasteiger partial charge on any atom is 0.263 e. The van der Waals surface area contributed by atoms with Crippen LogP contribution in [0.4, 0.5) is 17.2 Å². The summed E-state index contributed by atoms with van der Waals surface area (Å²) in [4.78, 5) is 17.1. The van der Waals surface area contributed by atoms with Gasteiger partial charge in [-0.1, -0.05) is 18.2 Å². The summed E-state index contributed by atoms with van der Waals surface area (Å²) in [5, 5.41) is 6.03. The molecule has 0 aliphatic rings. The normalized spacial score (nSPS) is 10.2. The number of anilines is 3. The Kier molecular flexibility index (Phi) is 6.52. The Morgan fingerprint density at radius 2 is 1.62 bits per heavy atom. The average Bonchev–Trinajstić information content (AvgIpc) is 2.76. The van der Waals surface area contributed by atoms with Crippen molar-refractivity contribution in [3.63, 3.8) is 0 Å². The van der Waals surface area contributed by atoms with Gasteiger partial charge in [0.2, 0.25) is 0 Å². The van der Waals surface area contributed by atoms with Crippen LogP contribution in [0, 0.1) is 0 Å². The summed E-state index contributed by atoms with van der Waals surface area (Å²) in [6.07, 6.45) is 1.57. The Bertz CT molecular complexity index is 952. The first-order valence-corrected chi connectivity index (χ1v) is 9.13. The van der Waals surface area contributed by atoms with Gasteiger partial charge in [-0.15, -0.1) is 0 Å². The summed E-state index contributed by atoms with van der Waals surface area (Å²) in [6, 6.07) is 16.3. The molecule has 7 nitrogen and oxygen atoms in total. The molecule has 3 aromatic rings. The van der Waals surface area contributed by atoms with Crippen LogP contribution in [0.25, 0.3) is 0 Å². The number of benzene rings is 2. The zero-order valence-electron chi connectivity index (χ0n) is 16.6. The van der Waals surface area contributed by atoms with Crippen LogP contribution in [0.1, 0.15) is 17.3 Å². The summed E-state index contributed by atoms with van der Waals surface area (Å²) in [5.41, 5.74) is 1.69. The van der Waals surface area contributed by atoms with Crippen molar-refractivity contribution >= 4 is 23.1 Å². The minimum Gasteiger partial charge on any atom is -0.496 e. The first-order valence-electron chi connectivity index (χ1n) is 9.13. The van der Waals surface area contributed by atoms with Crippen LogP contribution in [0.15, 0.2) is 60.8 Å². The zero-order valence-corrected chi connectivity index (χ0v) is 16.6. The highest BCUT2D eigenvalue weighted by Gasteiger charge is 2.18. The first-order chi connectivity index (χ1) is 14.2. The van der Waals surface area contributed by atoms with Crippen molar-refractivity contribution in [3.05, 3.63) is 66.4 Å². The number of hydrogen-bond acceptors (Lipinski definition) is 6. The van der Waals surface area contributed by atoms with Crippen molar-refractivity contribution in [3.8, 4) is 17.2 Å². The Hall–Kier alpha value is -3.74. The molecule has 0 saturated carbocycles. The lowest BCUT2D eigenvalue weighted by Gasteiger charge is -2.14. The van der Waals surface area contributed by atoms with Gasteiger partial charge in [0.05, 0.1) is 38.4 Å². The number of amides is 1. The third-order valence-electron chi connectivity index (χ3n) is 4.13. The number of para-hydroxylation sites is 2. The zero-order chi connectivity index (χ0) is 20.6. The lowest BCUT2D eigenvalue weighted by molar-refractivity contribution is 0.102. The van der Waals surface area contributed by atoms with Crippen LogP contribution in [0.2, 0.25) is 0 Å². The standard InChI is InChI=1S/C22H23N3O4/c1-4-29-17-9-6-5-8-16(17)25-20-13-12-15(14-23-20)24-22(26)21-18(27-2)10-7-11-19(21)28-3/h5-14H,4H2,1-3H3,(H,23,25)(H,24,26). The number of ether oxygens (including phenoxy) is 3. The second-order valence-electron chi connectivity index (χ2n) is 5.98. The molecule has 3 rings (SSSR count). The average molecular weight is 393 g/mol. The minimum absolute atomic E-state index is 0.324. The van der Waals surface area contributed by atoms with Crippen molar-refractivity contribution in [1.29, 1.82) is 0 Å². The van der Waals surface area contributed by atoms with Crippen LogP contribution in [-0.2, 0) is 0 Å². The number of hydrogen-bond donors (Lipinski definition) is 2. The van der Waals surface area contributed by atoms with Crippen LogP contribution in [0.5, 0.6) is 17.2 Å². The van der Waals surface area contributed by atoms with Crippen LogP contribution >= 0.6 is 0 Å². The van der Waals surface area contributed by atoms with E-state index in [2.05, 4.69) is 15.6 Å². The molecule has 2 N–H and O–H groups in total. The topological polar surface area (TPSA) is 81.7 Å². The van der Waals surface area contributed by atoms with Gasteiger partial charge in [0.15, 0.2) is 0 Å². The van der Waals surface area contributed by atoms with Crippen molar-refractivity contribution in [2.45, 2.75) is 6.92 Å². The maximum atomic E-state index is 12.7. The molecule has 0 fully saturated rings. The summed E-state index contributed by atoms with van der Waals surface area (Å²) in [5.74, 6) is 1.90. The third-order valence-corrected chi connectivity index (χ3v) is 4.13. The molecule has 7 heteroatoms. The molecule has 1 amide bonds. The van der Waals surface area contributed by atoms with Crippen molar-refractivity contribution in [2.75, 3.05) is 31.5 Å². The van der Waals surface area contributed by atoms with Crippen molar-refractivity contribution in [1.82, 2.24) is 4.98 Å².